The van der Waals surface area contributed by atoms with Crippen LogP contribution in [-0.2, 0) is 11.3 Å². The van der Waals surface area contributed by atoms with Gasteiger partial charge in [0.1, 0.15) is 23.9 Å². The van der Waals surface area contributed by atoms with Crippen LogP contribution in [0.1, 0.15) is 32.4 Å². The number of halogens is 1. The van der Waals surface area contributed by atoms with Crippen molar-refractivity contribution in [1.82, 2.24) is 19.7 Å². The molecule has 0 aliphatic carbocycles. The van der Waals surface area contributed by atoms with Gasteiger partial charge in [0.25, 0.3) is 5.91 Å². The number of fused-ring (bicyclic) bond motifs is 3. The number of hydrogen-bond donors (Lipinski definition) is 1. The third kappa shape index (κ3) is 3.43. The molecular formula is C19H16ClN5O3S. The van der Waals surface area contributed by atoms with E-state index in [1.807, 2.05) is 29.7 Å². The molecule has 1 aliphatic heterocycles. The van der Waals surface area contributed by atoms with Crippen molar-refractivity contribution in [2.75, 3.05) is 13.6 Å². The van der Waals surface area contributed by atoms with E-state index in [0.717, 1.165) is 16.1 Å². The summed E-state index contributed by atoms with van der Waals surface area (Å²) in [6.45, 7) is 1.77. The molecule has 0 saturated heterocycles. The number of thiophene rings is 1. The highest BCUT2D eigenvalue weighted by atomic mass is 35.5. The number of likely N-dealkylation sites (N-methyl/N-ethyl adjacent to an activating group) is 1. The van der Waals surface area contributed by atoms with Crippen molar-refractivity contribution >= 4 is 40.5 Å². The fourth-order valence-electron chi connectivity index (χ4n) is 3.18. The number of aryl methyl sites for hydroxylation is 1. The molecule has 29 heavy (non-hydrogen) atoms. The summed E-state index contributed by atoms with van der Waals surface area (Å²) in [6, 6.07) is 9.11. The first-order valence-corrected chi connectivity index (χ1v) is 9.88. The molecule has 0 saturated carbocycles. The van der Waals surface area contributed by atoms with Gasteiger partial charge in [-0.05, 0) is 19.1 Å². The average molecular weight is 430 g/mol. The monoisotopic (exact) mass is 429 g/mol. The minimum absolute atomic E-state index is 0.324. The van der Waals surface area contributed by atoms with Gasteiger partial charge in [-0.3, -0.25) is 19.1 Å². The second-order valence-electron chi connectivity index (χ2n) is 6.53. The molecule has 1 aliphatic rings. The van der Waals surface area contributed by atoms with Gasteiger partial charge >= 0.3 is 5.97 Å². The zero-order chi connectivity index (χ0) is 20.7. The maximum absolute atomic E-state index is 12.8. The first-order valence-electron chi connectivity index (χ1n) is 8.69. The number of carbonyl (C=O) groups excluding carboxylic acids is 1. The van der Waals surface area contributed by atoms with Crippen LogP contribution >= 0.6 is 22.9 Å². The predicted molar refractivity (Wildman–Crippen MR) is 109 cm³/mol. The third-order valence-corrected chi connectivity index (χ3v) is 5.94. The molecule has 1 amide bonds. The molecule has 0 unspecified atom stereocenters. The van der Waals surface area contributed by atoms with Gasteiger partial charge < -0.3 is 10.0 Å². The molecule has 0 spiro atoms. The Balaban J connectivity index is 1.88. The molecule has 0 radical (unpaired) electrons. The smallest absolute Gasteiger partial charge is 0.323 e. The van der Waals surface area contributed by atoms with E-state index >= 15 is 0 Å². The van der Waals surface area contributed by atoms with Gasteiger partial charge in [0.2, 0.25) is 0 Å². The normalized spacial score (nSPS) is 12.6. The Morgan fingerprint density at radius 1 is 1.28 bits per heavy atom. The Hall–Kier alpha value is -3.04. The molecule has 0 fully saturated rings. The number of carboxylic acid groups (broad SMARTS) is 1. The number of benzene rings is 1. The molecular weight excluding hydrogens is 414 g/mol. The molecule has 0 bridgehead atoms. The molecule has 3 aromatic rings. The van der Waals surface area contributed by atoms with Crippen LogP contribution in [0.4, 0.5) is 0 Å². The highest BCUT2D eigenvalue weighted by Gasteiger charge is 2.28. The summed E-state index contributed by atoms with van der Waals surface area (Å²) in [7, 11) is 1.46. The zero-order valence-corrected chi connectivity index (χ0v) is 17.2. The van der Waals surface area contributed by atoms with Crippen LogP contribution in [0.3, 0.4) is 0 Å². The number of aromatic nitrogens is 3. The molecule has 8 nitrogen and oxygen atoms in total. The lowest BCUT2D eigenvalue weighted by Crippen LogP contribution is -2.31. The molecule has 0 atom stereocenters. The molecule has 148 valence electrons. The fourth-order valence-corrected chi connectivity index (χ4v) is 4.62. The Morgan fingerprint density at radius 2 is 2.03 bits per heavy atom. The predicted octanol–water partition coefficient (Wildman–Crippen LogP) is 2.80. The van der Waals surface area contributed by atoms with Gasteiger partial charge in [-0.2, -0.15) is 0 Å². The molecule has 3 heterocycles. The van der Waals surface area contributed by atoms with Crippen molar-refractivity contribution < 1.29 is 14.7 Å². The third-order valence-electron chi connectivity index (χ3n) is 4.50. The summed E-state index contributed by atoms with van der Waals surface area (Å²) in [5, 5.41) is 18.6. The van der Waals surface area contributed by atoms with Crippen LogP contribution in [0, 0.1) is 6.92 Å². The van der Waals surface area contributed by atoms with Gasteiger partial charge in [-0.1, -0.05) is 29.8 Å². The second-order valence-corrected chi connectivity index (χ2v) is 7.97. The number of carbonyl (C=O) groups is 2. The van der Waals surface area contributed by atoms with Crippen molar-refractivity contribution in [1.29, 1.82) is 0 Å². The SMILES string of the molecule is Cc1nnc2n1-c1sc(C(=O)N(C)CC(=O)O)cc1C(c1ccccc1Cl)=NC2. The maximum atomic E-state index is 12.8. The van der Waals surface area contributed by atoms with Crippen molar-refractivity contribution in [2.24, 2.45) is 4.99 Å². The zero-order valence-electron chi connectivity index (χ0n) is 15.6. The van der Waals surface area contributed by atoms with Gasteiger partial charge in [0.05, 0.1) is 10.6 Å². The Labute approximate surface area is 175 Å². The van der Waals surface area contributed by atoms with E-state index in [0.29, 0.717) is 33.8 Å². The molecule has 1 N–H and O–H groups in total. The van der Waals surface area contributed by atoms with Crippen molar-refractivity contribution in [3.8, 4) is 5.00 Å². The van der Waals surface area contributed by atoms with Gasteiger partial charge in [0.15, 0.2) is 5.82 Å². The molecule has 2 aromatic heterocycles. The maximum Gasteiger partial charge on any atom is 0.323 e. The number of amides is 1. The Bertz CT molecular complexity index is 1170. The van der Waals surface area contributed by atoms with Crippen molar-refractivity contribution in [3.63, 3.8) is 0 Å². The summed E-state index contributed by atoms with van der Waals surface area (Å²) in [5.74, 6) is -0.118. The number of aliphatic imine (C=N–C) groups is 1. The summed E-state index contributed by atoms with van der Waals surface area (Å²) in [4.78, 5) is 30.1. The topological polar surface area (TPSA) is 101 Å². The number of carboxylic acids is 1. The van der Waals surface area contributed by atoms with Crippen LogP contribution in [-0.4, -0.2) is 56.0 Å². The summed E-state index contributed by atoms with van der Waals surface area (Å²) in [6.07, 6.45) is 0. The summed E-state index contributed by atoms with van der Waals surface area (Å²) in [5.41, 5.74) is 2.14. The first kappa shape index (κ1) is 19.3. The summed E-state index contributed by atoms with van der Waals surface area (Å²) < 4.78 is 1.88. The van der Waals surface area contributed by atoms with E-state index in [9.17, 15) is 9.59 Å². The van der Waals surface area contributed by atoms with E-state index in [4.69, 9.17) is 21.7 Å². The largest absolute Gasteiger partial charge is 0.480 e. The van der Waals surface area contributed by atoms with Crippen LogP contribution in [0.2, 0.25) is 5.02 Å². The highest BCUT2D eigenvalue weighted by Crippen LogP contribution is 2.34. The molecule has 1 aromatic carbocycles. The number of nitrogens with zero attached hydrogens (tertiary/aromatic N) is 5. The van der Waals surface area contributed by atoms with Crippen LogP contribution in [0.15, 0.2) is 35.3 Å². The van der Waals surface area contributed by atoms with E-state index in [1.165, 1.54) is 23.3 Å². The van der Waals surface area contributed by atoms with Gasteiger partial charge in [0, 0.05) is 23.2 Å². The lowest BCUT2D eigenvalue weighted by Gasteiger charge is -2.12. The minimum atomic E-state index is -1.07. The van der Waals surface area contributed by atoms with Crippen LogP contribution in [0.25, 0.3) is 5.00 Å². The highest BCUT2D eigenvalue weighted by molar-refractivity contribution is 7.17. The fraction of sp³-hybridized carbons (Fsp3) is 0.211. The van der Waals surface area contributed by atoms with Crippen LogP contribution < -0.4 is 0 Å². The quantitative estimate of drug-likeness (QED) is 0.687. The van der Waals surface area contributed by atoms with Crippen molar-refractivity contribution in [2.45, 2.75) is 13.5 Å². The lowest BCUT2D eigenvalue weighted by atomic mass is 10.0. The number of hydrogen-bond acceptors (Lipinski definition) is 6. The summed E-state index contributed by atoms with van der Waals surface area (Å²) >= 11 is 7.67. The van der Waals surface area contributed by atoms with E-state index in [2.05, 4.69) is 10.2 Å². The minimum Gasteiger partial charge on any atom is -0.480 e. The van der Waals surface area contributed by atoms with Gasteiger partial charge in [-0.25, -0.2) is 0 Å². The Kier molecular flexibility index (Phi) is 4.93. The lowest BCUT2D eigenvalue weighted by molar-refractivity contribution is -0.137. The molecule has 10 heteroatoms. The van der Waals surface area contributed by atoms with E-state index in [1.54, 1.807) is 12.1 Å². The first-order chi connectivity index (χ1) is 13.9. The number of aliphatic carboxylic acids is 1. The molecule has 4 rings (SSSR count). The van der Waals surface area contributed by atoms with Crippen LogP contribution in [0.5, 0.6) is 0 Å². The number of rotatable bonds is 4. The standard InChI is InChI=1S/C19H16ClN5O3S/c1-10-22-23-15-8-21-17(11-5-3-4-6-13(11)20)12-7-14(29-19(12)25(10)15)18(28)24(2)9-16(26)27/h3-7H,8-9H2,1-2H3,(H,26,27). The van der Waals surface area contributed by atoms with E-state index in [-0.39, 0.29) is 12.5 Å². The van der Waals surface area contributed by atoms with E-state index < -0.39 is 5.97 Å². The van der Waals surface area contributed by atoms with Crippen molar-refractivity contribution in [3.05, 3.63) is 63.0 Å². The second kappa shape index (κ2) is 7.41. The Morgan fingerprint density at radius 3 is 2.76 bits per heavy atom. The average Bonchev–Trinajstić information content (AvgIpc) is 3.22. The van der Waals surface area contributed by atoms with Gasteiger partial charge in [-0.15, -0.1) is 21.5 Å².